The van der Waals surface area contributed by atoms with Crippen molar-refractivity contribution in [1.82, 2.24) is 9.97 Å². The zero-order valence-electron chi connectivity index (χ0n) is 24.6. The molecule has 244 valence electrons. The topological polar surface area (TPSA) is 241 Å². The number of nitrogens with zero attached hydrogens (tertiary/aromatic N) is 5. The minimum Gasteiger partial charge on any atom is -0.370 e. The number of H-pyrrole nitrogens is 1. The molecule has 3 heterocycles. The third kappa shape index (κ3) is 6.81. The predicted molar refractivity (Wildman–Crippen MR) is 162 cm³/mol. The molecule has 46 heavy (non-hydrogen) atoms. The molecule has 0 bridgehead atoms. The number of aromatic amines is 1. The molecule has 5 rings (SSSR count). The van der Waals surface area contributed by atoms with E-state index >= 15 is 0 Å². The number of rotatable bonds is 13. The Labute approximate surface area is 264 Å². The number of nitrogens with one attached hydrogen (secondary N) is 2. The number of hydrogen-bond donors (Lipinski definition) is 3. The zero-order valence-corrected chi connectivity index (χ0v) is 26.2. The summed E-state index contributed by atoms with van der Waals surface area (Å²) in [6.07, 6.45) is 1.30. The van der Waals surface area contributed by atoms with Crippen molar-refractivity contribution in [2.24, 2.45) is 10.8 Å². The first-order valence-electron chi connectivity index (χ1n) is 13.6. The fourth-order valence-electron chi connectivity index (χ4n) is 5.31. The average molecular weight is 676 g/mol. The number of Topliss-reactive ketones (excluding diaryl/α,β-unsaturated/α-hetero) is 1. The molecule has 0 aliphatic carbocycles. The maximum absolute atomic E-state index is 14.2. The second kappa shape index (κ2) is 12.9. The van der Waals surface area contributed by atoms with Crippen LogP contribution >= 0.6 is 0 Å². The highest BCUT2D eigenvalue weighted by Gasteiger charge is 2.64. The van der Waals surface area contributed by atoms with Gasteiger partial charge in [-0.3, -0.25) is 18.9 Å². The van der Waals surface area contributed by atoms with Gasteiger partial charge in [-0.2, -0.15) is 21.8 Å². The Morgan fingerprint density at radius 1 is 1.07 bits per heavy atom. The first-order chi connectivity index (χ1) is 21.8. The summed E-state index contributed by atoms with van der Waals surface area (Å²) in [5.74, 6) is -0.385. The van der Waals surface area contributed by atoms with Crippen LogP contribution in [0.5, 0.6) is 0 Å². The van der Waals surface area contributed by atoms with Crippen molar-refractivity contribution in [3.05, 3.63) is 94.3 Å². The molecule has 1 fully saturated rings. The molecule has 0 spiro atoms. The zero-order chi connectivity index (χ0) is 33.2. The number of carbonyl (C=O) groups is 1. The standard InChI is InChI=1S/C27H30N8O9S2/c1-45(37,38)42-14-26(15-43-46(2,39)40)23(41-13-18-9-5-3-6-10-18)20(33-34-29)25(44-26)35-17-32-24-21(30-16-31-24)27(35,28)22(36)19-11-7-4-8-12-19/h3-12,16-17,20,23,25H,13-15,28H2,1-2H3,(H,30,31)/p+1/t20?,23-,25+,27?/m1/s1. The SMILES string of the molecule is CS(=O)(=O)OCC1(COS(C)(=O)=O)O[C@H]([N+]2=CNc3nc[nH]c3C2(N)C(=O)c2ccccc2)C(N=[N+]=[N-])[C@H]1OCc1ccccc1. The number of anilines is 1. The Balaban J connectivity index is 1.67. The minimum absolute atomic E-state index is 0.109. The van der Waals surface area contributed by atoms with E-state index in [1.165, 1.54) is 17.2 Å². The third-order valence-electron chi connectivity index (χ3n) is 7.39. The molecule has 17 nitrogen and oxygen atoms in total. The molecular weight excluding hydrogens is 644 g/mol. The Morgan fingerprint density at radius 3 is 2.26 bits per heavy atom. The fraction of sp³-hybridized carbons (Fsp3) is 0.370. The second-order valence-corrected chi connectivity index (χ2v) is 14.0. The number of nitrogens with two attached hydrogens (primary N) is 1. The van der Waals surface area contributed by atoms with Crippen molar-refractivity contribution in [3.63, 3.8) is 0 Å². The molecule has 0 radical (unpaired) electrons. The molecule has 2 aliphatic heterocycles. The summed E-state index contributed by atoms with van der Waals surface area (Å²) in [5, 5.41) is 6.86. The molecule has 4 atom stereocenters. The molecule has 4 N–H and O–H groups in total. The largest absolute Gasteiger partial charge is 0.370 e. The van der Waals surface area contributed by atoms with E-state index in [2.05, 4.69) is 25.3 Å². The Kier molecular flexibility index (Phi) is 9.30. The van der Waals surface area contributed by atoms with Gasteiger partial charge in [0.25, 0.3) is 25.9 Å². The van der Waals surface area contributed by atoms with E-state index in [0.717, 1.165) is 12.5 Å². The summed E-state index contributed by atoms with van der Waals surface area (Å²) >= 11 is 0. The van der Waals surface area contributed by atoms with E-state index in [1.807, 2.05) is 0 Å². The highest BCUT2D eigenvalue weighted by Crippen LogP contribution is 2.42. The normalized spacial score (nSPS) is 23.9. The second-order valence-electron chi connectivity index (χ2n) is 10.7. The average Bonchev–Trinajstić information content (AvgIpc) is 3.62. The summed E-state index contributed by atoms with van der Waals surface area (Å²) in [6.45, 7) is -1.76. The molecular formula is C27H31N8O9S2+. The number of imidazole rings is 1. The molecule has 2 unspecified atom stereocenters. The first-order valence-corrected chi connectivity index (χ1v) is 17.3. The van der Waals surface area contributed by atoms with E-state index in [4.69, 9.17) is 23.6 Å². The van der Waals surface area contributed by atoms with Crippen molar-refractivity contribution < 1.29 is 44.0 Å². The lowest BCUT2D eigenvalue weighted by Crippen LogP contribution is -2.62. The quantitative estimate of drug-likeness (QED) is 0.0578. The summed E-state index contributed by atoms with van der Waals surface area (Å²) < 4.78 is 73.0. The lowest BCUT2D eigenvalue weighted by Gasteiger charge is -2.35. The molecule has 1 aromatic heterocycles. The number of ether oxygens (including phenoxy) is 2. The fourth-order valence-corrected chi connectivity index (χ4v) is 6.13. The number of hydrogen-bond acceptors (Lipinski definition) is 13. The van der Waals surface area contributed by atoms with Crippen molar-refractivity contribution in [2.45, 2.75) is 36.2 Å². The van der Waals surface area contributed by atoms with Crippen LogP contribution in [0.3, 0.4) is 0 Å². The first kappa shape index (κ1) is 33.2. The third-order valence-corrected chi connectivity index (χ3v) is 8.48. The van der Waals surface area contributed by atoms with Gasteiger partial charge in [0, 0.05) is 10.5 Å². The van der Waals surface area contributed by atoms with E-state index in [9.17, 15) is 27.2 Å². The number of azide groups is 1. The van der Waals surface area contributed by atoms with Crippen molar-refractivity contribution in [3.8, 4) is 0 Å². The van der Waals surface area contributed by atoms with Gasteiger partial charge in [0.15, 0.2) is 5.69 Å². The number of carbonyl (C=O) groups excluding carboxylic acids is 1. The van der Waals surface area contributed by atoms with Crippen LogP contribution in [0, 0.1) is 0 Å². The summed E-state index contributed by atoms with van der Waals surface area (Å²) in [5.41, 5.74) is 13.6. The highest BCUT2D eigenvalue weighted by atomic mass is 32.2. The van der Waals surface area contributed by atoms with Gasteiger partial charge >= 0.3 is 0 Å². The predicted octanol–water partition coefficient (Wildman–Crippen LogP) is 1.18. The van der Waals surface area contributed by atoms with Crippen LogP contribution in [-0.4, -0.2) is 93.2 Å². The van der Waals surface area contributed by atoms with Crippen LogP contribution in [0.4, 0.5) is 5.82 Å². The van der Waals surface area contributed by atoms with E-state index in [0.29, 0.717) is 5.56 Å². The van der Waals surface area contributed by atoms with Gasteiger partial charge in [0.2, 0.25) is 24.2 Å². The lowest BCUT2D eigenvalue weighted by atomic mass is 9.91. The Bertz CT molecular complexity index is 1850. The van der Waals surface area contributed by atoms with Gasteiger partial charge in [-0.15, -0.1) is 0 Å². The monoisotopic (exact) mass is 675 g/mol. The summed E-state index contributed by atoms with van der Waals surface area (Å²) in [4.78, 5) is 24.3. The highest BCUT2D eigenvalue weighted by molar-refractivity contribution is 7.86. The van der Waals surface area contributed by atoms with Crippen LogP contribution in [-0.2, 0) is 50.3 Å². The van der Waals surface area contributed by atoms with Crippen LogP contribution in [0.2, 0.25) is 0 Å². The number of fused-ring (bicyclic) bond motifs is 1. The van der Waals surface area contributed by atoms with Gasteiger partial charge in [0.05, 0.1) is 25.4 Å². The van der Waals surface area contributed by atoms with Crippen molar-refractivity contribution in [1.29, 1.82) is 0 Å². The van der Waals surface area contributed by atoms with Crippen molar-refractivity contribution in [2.75, 3.05) is 31.0 Å². The van der Waals surface area contributed by atoms with Crippen LogP contribution in [0.25, 0.3) is 10.4 Å². The molecule has 0 amide bonds. The Morgan fingerprint density at radius 2 is 1.67 bits per heavy atom. The molecule has 3 aromatic rings. The van der Waals surface area contributed by atoms with Gasteiger partial charge in [-0.05, 0) is 11.1 Å². The van der Waals surface area contributed by atoms with Crippen LogP contribution in [0.1, 0.15) is 21.6 Å². The van der Waals surface area contributed by atoms with E-state index < -0.39 is 68.9 Å². The lowest BCUT2D eigenvalue weighted by molar-refractivity contribution is -0.669. The minimum atomic E-state index is -4.14. The van der Waals surface area contributed by atoms with Gasteiger partial charge < -0.3 is 14.5 Å². The molecule has 2 aliphatic rings. The molecule has 1 saturated heterocycles. The number of aromatic nitrogens is 2. The van der Waals surface area contributed by atoms with E-state index in [1.54, 1.807) is 60.7 Å². The summed E-state index contributed by atoms with van der Waals surface area (Å²) in [6, 6.07) is 15.6. The van der Waals surface area contributed by atoms with E-state index in [-0.39, 0.29) is 23.7 Å². The van der Waals surface area contributed by atoms with Crippen molar-refractivity contribution >= 4 is 38.2 Å². The smallest absolute Gasteiger partial charge is 0.269 e. The molecule has 0 saturated carbocycles. The molecule has 19 heteroatoms. The van der Waals surface area contributed by atoms with Gasteiger partial charge in [0.1, 0.15) is 31.0 Å². The van der Waals surface area contributed by atoms with Gasteiger partial charge in [-0.1, -0.05) is 65.8 Å². The summed E-state index contributed by atoms with van der Waals surface area (Å²) in [7, 11) is -8.28. The van der Waals surface area contributed by atoms with Crippen LogP contribution < -0.4 is 11.1 Å². The van der Waals surface area contributed by atoms with Crippen LogP contribution in [0.15, 0.2) is 72.1 Å². The maximum Gasteiger partial charge on any atom is 0.269 e. The van der Waals surface area contributed by atoms with Gasteiger partial charge in [-0.25, -0.2) is 9.89 Å². The molecule has 2 aromatic carbocycles. The number of ketones is 1. The Hall–Kier alpha value is -4.20. The number of benzene rings is 2. The maximum atomic E-state index is 14.2.